The Kier molecular flexibility index (Phi) is 2.00. The lowest BCUT2D eigenvalue weighted by atomic mass is 9.87. The van der Waals surface area contributed by atoms with Crippen molar-refractivity contribution in [3.05, 3.63) is 28.8 Å². The summed E-state index contributed by atoms with van der Waals surface area (Å²) in [6, 6.07) is 4.63. The van der Waals surface area contributed by atoms with Crippen LogP contribution >= 0.6 is 0 Å². The molecule has 1 aliphatic rings. The molecule has 0 heterocycles. The van der Waals surface area contributed by atoms with Gasteiger partial charge in [0.25, 0.3) is 0 Å². The summed E-state index contributed by atoms with van der Waals surface area (Å²) in [6.45, 7) is 2.05. The number of anilines is 1. The summed E-state index contributed by atoms with van der Waals surface area (Å²) in [7, 11) is 0. The lowest BCUT2D eigenvalue weighted by Gasteiger charge is -2.22. The van der Waals surface area contributed by atoms with E-state index in [0.717, 1.165) is 24.9 Å². The smallest absolute Gasteiger partial charge is 0.0346 e. The van der Waals surface area contributed by atoms with E-state index in [9.17, 15) is 0 Å². The van der Waals surface area contributed by atoms with Crippen LogP contribution in [-0.4, -0.2) is 6.04 Å². The molecule has 4 N–H and O–H groups in total. The molecule has 1 aromatic carbocycles. The molecule has 0 unspecified atom stereocenters. The van der Waals surface area contributed by atoms with Crippen molar-refractivity contribution in [2.24, 2.45) is 5.73 Å². The Morgan fingerprint density at radius 1 is 1.31 bits per heavy atom. The van der Waals surface area contributed by atoms with Crippen LogP contribution in [0.2, 0.25) is 0 Å². The first-order chi connectivity index (χ1) is 6.16. The average molecular weight is 176 g/mol. The Labute approximate surface area is 78.9 Å². The maximum absolute atomic E-state index is 5.91. The zero-order valence-corrected chi connectivity index (χ0v) is 8.01. The van der Waals surface area contributed by atoms with E-state index in [2.05, 4.69) is 19.1 Å². The van der Waals surface area contributed by atoms with Crippen LogP contribution in [0, 0.1) is 6.92 Å². The first-order valence-corrected chi connectivity index (χ1v) is 4.80. The largest absolute Gasteiger partial charge is 0.399 e. The van der Waals surface area contributed by atoms with Crippen LogP contribution in [0.4, 0.5) is 5.69 Å². The number of nitrogen functional groups attached to an aromatic ring is 1. The minimum absolute atomic E-state index is 0.343. The first-order valence-electron chi connectivity index (χ1n) is 4.80. The van der Waals surface area contributed by atoms with Crippen LogP contribution in [0.15, 0.2) is 12.1 Å². The van der Waals surface area contributed by atoms with E-state index in [0.29, 0.717) is 6.04 Å². The summed E-state index contributed by atoms with van der Waals surface area (Å²) in [5.74, 6) is 0. The van der Waals surface area contributed by atoms with Gasteiger partial charge in [0.05, 0.1) is 0 Å². The van der Waals surface area contributed by atoms with E-state index in [4.69, 9.17) is 11.5 Å². The third-order valence-corrected chi connectivity index (χ3v) is 2.85. The second-order valence-corrected chi connectivity index (χ2v) is 3.98. The second-order valence-electron chi connectivity index (χ2n) is 3.98. The fourth-order valence-corrected chi connectivity index (χ4v) is 1.98. The third-order valence-electron chi connectivity index (χ3n) is 2.85. The second kappa shape index (κ2) is 3.04. The molecule has 0 fully saturated rings. The average Bonchev–Trinajstić information content (AvgIpc) is 2.08. The standard InChI is InChI=1S/C11H16N2/c1-7-4-9-5-10(12)3-2-8(9)6-11(7)13/h4,6,10H,2-3,5,12-13H2,1H3/t10-/m1/s1. The fraction of sp³-hybridized carbons (Fsp3) is 0.455. The van der Waals surface area contributed by atoms with Crippen molar-refractivity contribution >= 4 is 5.69 Å². The first kappa shape index (κ1) is 8.57. The lowest BCUT2D eigenvalue weighted by molar-refractivity contribution is 0.576. The molecule has 0 saturated carbocycles. The summed E-state index contributed by atoms with van der Waals surface area (Å²) in [5.41, 5.74) is 16.6. The van der Waals surface area contributed by atoms with Gasteiger partial charge >= 0.3 is 0 Å². The molecule has 1 aliphatic carbocycles. The number of benzene rings is 1. The van der Waals surface area contributed by atoms with Crippen molar-refractivity contribution in [3.8, 4) is 0 Å². The molecule has 13 heavy (non-hydrogen) atoms. The van der Waals surface area contributed by atoms with Gasteiger partial charge in [-0.3, -0.25) is 0 Å². The summed E-state index contributed by atoms with van der Waals surface area (Å²) in [4.78, 5) is 0. The van der Waals surface area contributed by atoms with Gasteiger partial charge < -0.3 is 11.5 Å². The number of aryl methyl sites for hydroxylation is 2. The van der Waals surface area contributed by atoms with Crippen LogP contribution in [0.5, 0.6) is 0 Å². The summed E-state index contributed by atoms with van der Waals surface area (Å²) >= 11 is 0. The van der Waals surface area contributed by atoms with Gasteiger partial charge in [0.1, 0.15) is 0 Å². The zero-order chi connectivity index (χ0) is 9.42. The zero-order valence-electron chi connectivity index (χ0n) is 8.01. The van der Waals surface area contributed by atoms with Crippen LogP contribution in [-0.2, 0) is 12.8 Å². The van der Waals surface area contributed by atoms with Crippen molar-refractivity contribution < 1.29 is 0 Å². The number of nitrogens with two attached hydrogens (primary N) is 2. The van der Waals surface area contributed by atoms with Crippen molar-refractivity contribution in [3.63, 3.8) is 0 Å². The van der Waals surface area contributed by atoms with E-state index in [1.807, 2.05) is 0 Å². The van der Waals surface area contributed by atoms with Gasteiger partial charge in [-0.2, -0.15) is 0 Å². The maximum atomic E-state index is 5.91. The van der Waals surface area contributed by atoms with Crippen molar-refractivity contribution in [1.29, 1.82) is 0 Å². The van der Waals surface area contributed by atoms with Crippen LogP contribution in [0.1, 0.15) is 23.1 Å². The maximum Gasteiger partial charge on any atom is 0.0346 e. The van der Waals surface area contributed by atoms with Crippen molar-refractivity contribution in [2.45, 2.75) is 32.2 Å². The highest BCUT2D eigenvalue weighted by Gasteiger charge is 2.15. The molecule has 2 heteroatoms. The Balaban J connectivity index is 2.43. The summed E-state index contributed by atoms with van der Waals surface area (Å²) in [6.07, 6.45) is 3.19. The van der Waals surface area contributed by atoms with Gasteiger partial charge in [-0.25, -0.2) is 0 Å². The predicted molar refractivity (Wildman–Crippen MR) is 55.6 cm³/mol. The number of hydrogen-bond acceptors (Lipinski definition) is 2. The number of rotatable bonds is 0. The Hall–Kier alpha value is -1.02. The number of fused-ring (bicyclic) bond motifs is 1. The number of hydrogen-bond donors (Lipinski definition) is 2. The summed E-state index contributed by atoms with van der Waals surface area (Å²) < 4.78 is 0. The summed E-state index contributed by atoms with van der Waals surface area (Å²) in [5, 5.41) is 0. The predicted octanol–water partition coefficient (Wildman–Crippen LogP) is 1.39. The highest BCUT2D eigenvalue weighted by Crippen LogP contribution is 2.25. The van der Waals surface area contributed by atoms with Crippen molar-refractivity contribution in [2.75, 3.05) is 5.73 Å². The van der Waals surface area contributed by atoms with Crippen molar-refractivity contribution in [1.82, 2.24) is 0 Å². The molecule has 0 aromatic heterocycles. The fourth-order valence-electron chi connectivity index (χ4n) is 1.98. The topological polar surface area (TPSA) is 52.0 Å². The van der Waals surface area contributed by atoms with Gasteiger partial charge in [-0.15, -0.1) is 0 Å². The highest BCUT2D eigenvalue weighted by molar-refractivity contribution is 5.52. The third kappa shape index (κ3) is 1.54. The molecule has 2 nitrogen and oxygen atoms in total. The van der Waals surface area contributed by atoms with Crippen LogP contribution in [0.3, 0.4) is 0 Å². The molecule has 1 aromatic rings. The minimum Gasteiger partial charge on any atom is -0.399 e. The van der Waals surface area contributed by atoms with Gasteiger partial charge in [-0.1, -0.05) is 6.07 Å². The van der Waals surface area contributed by atoms with E-state index in [-0.39, 0.29) is 0 Å². The molecule has 0 radical (unpaired) electrons. The molecule has 1 atom stereocenters. The van der Waals surface area contributed by atoms with Gasteiger partial charge in [0.15, 0.2) is 0 Å². The quantitative estimate of drug-likeness (QED) is 0.587. The molecule has 0 saturated heterocycles. The molecular formula is C11H16N2. The van der Waals surface area contributed by atoms with Gasteiger partial charge in [-0.05, 0) is 48.9 Å². The normalized spacial score (nSPS) is 21.2. The van der Waals surface area contributed by atoms with Crippen LogP contribution in [0.25, 0.3) is 0 Å². The van der Waals surface area contributed by atoms with E-state index in [1.165, 1.54) is 16.7 Å². The molecule has 0 aliphatic heterocycles. The minimum atomic E-state index is 0.343. The van der Waals surface area contributed by atoms with E-state index >= 15 is 0 Å². The van der Waals surface area contributed by atoms with Gasteiger partial charge in [0.2, 0.25) is 0 Å². The molecule has 70 valence electrons. The molecule has 0 amide bonds. The van der Waals surface area contributed by atoms with Crippen LogP contribution < -0.4 is 11.5 Å². The monoisotopic (exact) mass is 176 g/mol. The molecule has 0 spiro atoms. The Morgan fingerprint density at radius 2 is 2.08 bits per heavy atom. The lowest BCUT2D eigenvalue weighted by Crippen LogP contribution is -2.27. The molecule has 2 rings (SSSR count). The van der Waals surface area contributed by atoms with E-state index in [1.54, 1.807) is 0 Å². The van der Waals surface area contributed by atoms with E-state index < -0.39 is 0 Å². The molecule has 0 bridgehead atoms. The Bertz CT molecular complexity index is 331. The Morgan fingerprint density at radius 3 is 2.85 bits per heavy atom. The molecular weight excluding hydrogens is 160 g/mol. The SMILES string of the molecule is Cc1cc2c(cc1N)CC[C@@H](N)C2. The van der Waals surface area contributed by atoms with Gasteiger partial charge in [0, 0.05) is 11.7 Å². The highest BCUT2D eigenvalue weighted by atomic mass is 14.6.